The van der Waals surface area contributed by atoms with Gasteiger partial charge in [0.05, 0.1) is 10.9 Å². The number of piperazine rings is 1. The van der Waals surface area contributed by atoms with E-state index in [4.69, 9.17) is 0 Å². The first kappa shape index (κ1) is 25.0. The van der Waals surface area contributed by atoms with Gasteiger partial charge in [-0.15, -0.1) is 11.8 Å². The van der Waals surface area contributed by atoms with Crippen LogP contribution in [0.1, 0.15) is 40.0 Å². The molecule has 7 heteroatoms. The molecule has 0 aromatic carbocycles. The van der Waals surface area contributed by atoms with E-state index in [0.717, 1.165) is 56.6 Å². The summed E-state index contributed by atoms with van der Waals surface area (Å²) in [5.74, 6) is 0.986. The van der Waals surface area contributed by atoms with Gasteiger partial charge in [0.1, 0.15) is 0 Å². The summed E-state index contributed by atoms with van der Waals surface area (Å²) in [5, 5.41) is 9.07. The number of thioether (sulfide) groups is 2. The van der Waals surface area contributed by atoms with Gasteiger partial charge >= 0.3 is 0 Å². The molecule has 30 heavy (non-hydrogen) atoms. The number of rotatable bonds is 9. The van der Waals surface area contributed by atoms with Crippen molar-refractivity contribution in [3.63, 3.8) is 0 Å². The summed E-state index contributed by atoms with van der Waals surface area (Å²) in [6.07, 6.45) is 12.6. The lowest BCUT2D eigenvalue weighted by atomic mass is 10.1. The molecule has 1 fully saturated rings. The maximum absolute atomic E-state index is 4.56. The first-order chi connectivity index (χ1) is 14.6. The zero-order valence-electron chi connectivity index (χ0n) is 19.3. The average molecular weight is 450 g/mol. The van der Waals surface area contributed by atoms with E-state index < -0.39 is 0 Å². The van der Waals surface area contributed by atoms with E-state index in [-0.39, 0.29) is 0 Å². The highest BCUT2D eigenvalue weighted by atomic mass is 32.2. The van der Waals surface area contributed by atoms with Crippen LogP contribution >= 0.6 is 23.5 Å². The maximum atomic E-state index is 4.56. The molecule has 0 spiro atoms. The van der Waals surface area contributed by atoms with Crippen molar-refractivity contribution in [2.75, 3.05) is 52.7 Å². The van der Waals surface area contributed by atoms with E-state index in [0.29, 0.717) is 0 Å². The third kappa shape index (κ3) is 8.08. The van der Waals surface area contributed by atoms with Gasteiger partial charge in [-0.3, -0.25) is 9.89 Å². The van der Waals surface area contributed by atoms with Gasteiger partial charge < -0.3 is 15.5 Å². The fraction of sp³-hybridized carbons (Fsp3) is 0.609. The number of allylic oxidation sites excluding steroid dienone is 4. The van der Waals surface area contributed by atoms with Crippen LogP contribution in [0.15, 0.2) is 50.5 Å². The minimum absolute atomic E-state index is 0.986. The molecule has 2 aliphatic rings. The molecule has 168 valence electrons. The Kier molecular flexibility index (Phi) is 11.6. The smallest absolute Gasteiger partial charge is 0.165 e. The number of hydrogen-bond acceptors (Lipinski definition) is 6. The molecule has 0 unspecified atom stereocenters. The number of nitrogens with one attached hydrogen (secondary N) is 2. The summed E-state index contributed by atoms with van der Waals surface area (Å²) in [6, 6.07) is 0. The second-order valence-corrected chi connectivity index (χ2v) is 9.64. The van der Waals surface area contributed by atoms with Gasteiger partial charge in [0.25, 0.3) is 0 Å². The number of hydrogen-bond donors (Lipinski definition) is 2. The Morgan fingerprint density at radius 1 is 1.27 bits per heavy atom. The van der Waals surface area contributed by atoms with Crippen molar-refractivity contribution in [2.45, 2.75) is 40.0 Å². The topological polar surface area (TPSA) is 42.9 Å². The van der Waals surface area contributed by atoms with Gasteiger partial charge in [0.2, 0.25) is 0 Å². The Morgan fingerprint density at radius 3 is 2.60 bits per heavy atom. The Hall–Kier alpha value is -1.31. The van der Waals surface area contributed by atoms with Gasteiger partial charge in [-0.05, 0) is 43.2 Å². The van der Waals surface area contributed by atoms with E-state index in [1.54, 1.807) is 11.8 Å². The zero-order chi connectivity index (χ0) is 21.8. The van der Waals surface area contributed by atoms with Crippen LogP contribution in [0.25, 0.3) is 0 Å². The normalized spacial score (nSPS) is 19.8. The van der Waals surface area contributed by atoms with Crippen LogP contribution in [0.3, 0.4) is 0 Å². The highest BCUT2D eigenvalue weighted by Gasteiger charge is 2.21. The maximum Gasteiger partial charge on any atom is 0.165 e. The van der Waals surface area contributed by atoms with E-state index in [2.05, 4.69) is 70.5 Å². The Labute approximate surface area is 192 Å². The van der Waals surface area contributed by atoms with Gasteiger partial charge in [-0.1, -0.05) is 38.5 Å². The predicted molar refractivity (Wildman–Crippen MR) is 137 cm³/mol. The van der Waals surface area contributed by atoms with E-state index in [1.165, 1.54) is 27.6 Å². The molecule has 0 saturated carbocycles. The fourth-order valence-corrected chi connectivity index (χ4v) is 5.08. The van der Waals surface area contributed by atoms with Crippen LogP contribution in [0.2, 0.25) is 0 Å². The third-order valence-electron chi connectivity index (χ3n) is 5.13. The molecule has 2 N–H and O–H groups in total. The highest BCUT2D eigenvalue weighted by molar-refractivity contribution is 8.17. The molecule has 0 aromatic heterocycles. The summed E-state index contributed by atoms with van der Waals surface area (Å²) in [7, 11) is 3.88. The van der Waals surface area contributed by atoms with E-state index >= 15 is 0 Å². The van der Waals surface area contributed by atoms with Gasteiger partial charge in [-0.2, -0.15) is 0 Å². The third-order valence-corrected chi connectivity index (χ3v) is 7.28. The van der Waals surface area contributed by atoms with Crippen LogP contribution in [0.5, 0.6) is 0 Å². The molecule has 0 atom stereocenters. The summed E-state index contributed by atoms with van der Waals surface area (Å²) in [4.78, 5) is 10.9. The van der Waals surface area contributed by atoms with Crippen molar-refractivity contribution in [1.29, 1.82) is 0 Å². The SMILES string of the molecule is CC/C=C(/NC)SC(=NC)N1CCN(CC(/C=C/CCC)=C/C2=C(C)SCN2)CC1. The number of unbranched alkanes of at least 4 members (excludes halogenated alkanes) is 1. The van der Waals surface area contributed by atoms with Crippen molar-refractivity contribution < 1.29 is 0 Å². The van der Waals surface area contributed by atoms with Crippen LogP contribution in [-0.4, -0.2) is 67.7 Å². The first-order valence-electron chi connectivity index (χ1n) is 11.1. The van der Waals surface area contributed by atoms with Crippen LogP contribution in [0, 0.1) is 0 Å². The van der Waals surface area contributed by atoms with Crippen LogP contribution in [0.4, 0.5) is 0 Å². The van der Waals surface area contributed by atoms with E-state index in [9.17, 15) is 0 Å². The number of nitrogens with zero attached hydrogens (tertiary/aromatic N) is 3. The standard InChI is InChI=1S/C23H39N5S2/c1-6-8-9-11-20(16-21-19(3)29-18-26-21)17-27-12-14-28(15-13-27)23(25-5)30-22(24-4)10-7-2/h9-11,16,24,26H,6-8,12-15,17-18H2,1-5H3/b11-9+,20-16+,22-10-,25-23?. The minimum Gasteiger partial charge on any atom is -0.383 e. The second kappa shape index (κ2) is 13.9. The summed E-state index contributed by atoms with van der Waals surface area (Å²) in [5.41, 5.74) is 2.68. The molecular weight excluding hydrogens is 410 g/mol. The molecular formula is C23H39N5S2. The molecule has 0 amide bonds. The lowest BCUT2D eigenvalue weighted by Gasteiger charge is -2.36. The lowest BCUT2D eigenvalue weighted by Crippen LogP contribution is -2.48. The molecule has 0 bridgehead atoms. The summed E-state index contributed by atoms with van der Waals surface area (Å²) >= 11 is 3.63. The molecule has 2 heterocycles. The van der Waals surface area contributed by atoms with Crippen molar-refractivity contribution in [2.24, 2.45) is 4.99 Å². The predicted octanol–water partition coefficient (Wildman–Crippen LogP) is 4.60. The van der Waals surface area contributed by atoms with Gasteiger partial charge in [0, 0.05) is 57.4 Å². The largest absolute Gasteiger partial charge is 0.383 e. The summed E-state index contributed by atoms with van der Waals surface area (Å²) in [6.45, 7) is 11.8. The quantitative estimate of drug-likeness (QED) is 0.305. The minimum atomic E-state index is 0.986. The average Bonchev–Trinajstić information content (AvgIpc) is 3.16. The van der Waals surface area contributed by atoms with Gasteiger partial charge in [0.15, 0.2) is 5.17 Å². The lowest BCUT2D eigenvalue weighted by molar-refractivity contribution is 0.197. The fourth-order valence-electron chi connectivity index (χ4n) is 3.40. The Balaban J connectivity index is 1.97. The molecule has 2 aliphatic heterocycles. The van der Waals surface area contributed by atoms with Crippen LogP contribution < -0.4 is 10.6 Å². The zero-order valence-corrected chi connectivity index (χ0v) is 21.0. The molecule has 0 radical (unpaired) electrons. The molecule has 5 nitrogen and oxygen atoms in total. The molecule has 0 aromatic rings. The molecule has 2 rings (SSSR count). The Morgan fingerprint density at radius 2 is 2.03 bits per heavy atom. The van der Waals surface area contributed by atoms with Gasteiger partial charge in [-0.25, -0.2) is 0 Å². The molecule has 0 aliphatic carbocycles. The van der Waals surface area contributed by atoms with Crippen molar-refractivity contribution >= 4 is 28.7 Å². The van der Waals surface area contributed by atoms with Crippen molar-refractivity contribution in [3.8, 4) is 0 Å². The monoisotopic (exact) mass is 449 g/mol. The van der Waals surface area contributed by atoms with E-state index in [1.807, 2.05) is 25.9 Å². The van der Waals surface area contributed by atoms with Crippen LogP contribution in [-0.2, 0) is 0 Å². The number of aliphatic imine (C=N–C) groups is 1. The highest BCUT2D eigenvalue weighted by Crippen LogP contribution is 2.25. The van der Waals surface area contributed by atoms with Crippen molar-refractivity contribution in [1.82, 2.24) is 20.4 Å². The number of amidine groups is 1. The molecule has 1 saturated heterocycles. The summed E-state index contributed by atoms with van der Waals surface area (Å²) < 4.78 is 0. The first-order valence-corrected chi connectivity index (χ1v) is 12.9. The second-order valence-electron chi connectivity index (χ2n) is 7.44. The Bertz CT molecular complexity index is 686. The van der Waals surface area contributed by atoms with Crippen molar-refractivity contribution in [3.05, 3.63) is 45.5 Å².